The molecule has 0 fully saturated rings. The van der Waals surface area contributed by atoms with Gasteiger partial charge in [0, 0.05) is 5.92 Å². The van der Waals surface area contributed by atoms with Crippen molar-refractivity contribution < 1.29 is 4.74 Å². The van der Waals surface area contributed by atoms with Crippen molar-refractivity contribution in [2.75, 3.05) is 0 Å². The van der Waals surface area contributed by atoms with Gasteiger partial charge in [0.2, 0.25) is 0 Å². The lowest BCUT2D eigenvalue weighted by Gasteiger charge is -2.31. The Labute approximate surface area is 109 Å². The van der Waals surface area contributed by atoms with E-state index in [1.54, 1.807) is 0 Å². The average molecular weight is 240 g/mol. The molecule has 0 N–H and O–H groups in total. The molecule has 0 unspecified atom stereocenters. The molecule has 94 valence electrons. The number of ether oxygens (including phenoxy) is 1. The van der Waals surface area contributed by atoms with Gasteiger partial charge in [-0.25, -0.2) is 0 Å². The zero-order valence-corrected chi connectivity index (χ0v) is 10.7. The number of hydrogen-bond donors (Lipinski definition) is 0. The first kappa shape index (κ1) is 12.8. The summed E-state index contributed by atoms with van der Waals surface area (Å²) in [5.41, 5.74) is 0.862. The first-order chi connectivity index (χ1) is 8.80. The van der Waals surface area contributed by atoms with Gasteiger partial charge >= 0.3 is 0 Å². The van der Waals surface area contributed by atoms with Gasteiger partial charge in [-0.3, -0.25) is 0 Å². The van der Waals surface area contributed by atoms with Crippen LogP contribution in [0.3, 0.4) is 0 Å². The topological polar surface area (TPSA) is 9.23 Å². The first-order valence-electron chi connectivity index (χ1n) is 6.41. The summed E-state index contributed by atoms with van der Waals surface area (Å²) in [5, 5.41) is 0. The molecule has 2 atom stereocenters. The highest BCUT2D eigenvalue weighted by atomic mass is 16.5. The van der Waals surface area contributed by atoms with E-state index in [0.29, 0.717) is 12.5 Å². The van der Waals surface area contributed by atoms with E-state index in [1.807, 2.05) is 30.4 Å². The minimum Gasteiger partial charge on any atom is -0.362 e. The van der Waals surface area contributed by atoms with Crippen molar-refractivity contribution in [3.8, 4) is 0 Å². The Kier molecular flexibility index (Phi) is 4.16. The van der Waals surface area contributed by atoms with Gasteiger partial charge in [0.1, 0.15) is 5.60 Å². The van der Waals surface area contributed by atoms with Crippen molar-refractivity contribution in [1.29, 1.82) is 0 Å². The summed E-state index contributed by atoms with van der Waals surface area (Å²) in [6.07, 6.45) is 10.2. The fourth-order valence-electron chi connectivity index (χ4n) is 2.46. The molecule has 1 heteroatoms. The van der Waals surface area contributed by atoms with Crippen LogP contribution in [-0.4, -0.2) is 5.60 Å². The predicted molar refractivity (Wildman–Crippen MR) is 76.2 cm³/mol. The molecule has 1 aromatic rings. The molecule has 1 aromatic carbocycles. The molecular formula is C17H20O. The Morgan fingerprint density at radius 2 is 2.06 bits per heavy atom. The van der Waals surface area contributed by atoms with Gasteiger partial charge in [-0.2, -0.15) is 0 Å². The first-order valence-corrected chi connectivity index (χ1v) is 6.41. The Morgan fingerprint density at radius 3 is 2.72 bits per heavy atom. The quantitative estimate of drug-likeness (QED) is 0.674. The lowest BCUT2D eigenvalue weighted by molar-refractivity contribution is -0.0177. The third kappa shape index (κ3) is 2.62. The fraction of sp³-hybridized carbons (Fsp3) is 0.294. The summed E-state index contributed by atoms with van der Waals surface area (Å²) >= 11 is 0. The lowest BCUT2D eigenvalue weighted by Crippen LogP contribution is -2.33. The van der Waals surface area contributed by atoms with Crippen molar-refractivity contribution in [3.63, 3.8) is 0 Å². The molecule has 0 aliphatic heterocycles. The molecule has 0 bridgehead atoms. The summed E-state index contributed by atoms with van der Waals surface area (Å²) in [4.78, 5) is 0. The van der Waals surface area contributed by atoms with E-state index in [2.05, 4.69) is 37.4 Å². The van der Waals surface area contributed by atoms with Crippen LogP contribution in [0.4, 0.5) is 0 Å². The minimum atomic E-state index is -0.329. The highest BCUT2D eigenvalue weighted by Gasteiger charge is 2.36. The van der Waals surface area contributed by atoms with E-state index in [4.69, 9.17) is 4.74 Å². The average Bonchev–Trinajstić information content (AvgIpc) is 2.82. The largest absolute Gasteiger partial charge is 0.362 e. The smallest absolute Gasteiger partial charge is 0.108 e. The SMILES string of the molecule is C=CC[C@H]1CC=C[C@@]1(C=C)OCc1ccccc1. The standard InChI is InChI=1S/C17H20O/c1-3-9-16-12-8-13-17(16,4-2)18-14-15-10-6-5-7-11-15/h3-8,10-11,13,16H,1-2,9,12,14H2/t16-,17+/m0/s1. The Hall–Kier alpha value is -1.60. The van der Waals surface area contributed by atoms with Crippen LogP contribution in [0.2, 0.25) is 0 Å². The molecule has 0 saturated heterocycles. The molecule has 0 heterocycles. The summed E-state index contributed by atoms with van der Waals surface area (Å²) in [5.74, 6) is 0.427. The zero-order valence-electron chi connectivity index (χ0n) is 10.7. The van der Waals surface area contributed by atoms with Crippen LogP contribution in [0, 0.1) is 5.92 Å². The molecule has 2 rings (SSSR count). The molecule has 1 aliphatic rings. The second-order valence-corrected chi connectivity index (χ2v) is 4.69. The summed E-state index contributed by atoms with van der Waals surface area (Å²) in [7, 11) is 0. The van der Waals surface area contributed by atoms with Crippen LogP contribution in [0.25, 0.3) is 0 Å². The van der Waals surface area contributed by atoms with Gasteiger partial charge in [0.25, 0.3) is 0 Å². The van der Waals surface area contributed by atoms with Gasteiger partial charge in [0.05, 0.1) is 6.61 Å². The molecule has 18 heavy (non-hydrogen) atoms. The summed E-state index contributed by atoms with van der Waals surface area (Å²) in [6.45, 7) is 8.39. The number of benzene rings is 1. The Morgan fingerprint density at radius 1 is 1.28 bits per heavy atom. The van der Waals surface area contributed by atoms with E-state index in [9.17, 15) is 0 Å². The van der Waals surface area contributed by atoms with Gasteiger partial charge in [-0.05, 0) is 18.4 Å². The highest BCUT2D eigenvalue weighted by molar-refractivity contribution is 5.23. The molecule has 0 aromatic heterocycles. The van der Waals surface area contributed by atoms with Crippen LogP contribution in [-0.2, 0) is 11.3 Å². The van der Waals surface area contributed by atoms with Crippen molar-refractivity contribution in [2.24, 2.45) is 5.92 Å². The van der Waals surface area contributed by atoms with Crippen molar-refractivity contribution in [2.45, 2.75) is 25.0 Å². The van der Waals surface area contributed by atoms with E-state index in [1.165, 1.54) is 5.56 Å². The maximum atomic E-state index is 6.14. The molecule has 0 spiro atoms. The minimum absolute atomic E-state index is 0.329. The second-order valence-electron chi connectivity index (χ2n) is 4.69. The van der Waals surface area contributed by atoms with E-state index < -0.39 is 0 Å². The van der Waals surface area contributed by atoms with Crippen molar-refractivity contribution in [3.05, 3.63) is 73.4 Å². The van der Waals surface area contributed by atoms with Crippen LogP contribution in [0.15, 0.2) is 67.8 Å². The van der Waals surface area contributed by atoms with Gasteiger partial charge in [0.15, 0.2) is 0 Å². The highest BCUT2D eigenvalue weighted by Crippen LogP contribution is 2.37. The molecule has 0 amide bonds. The van der Waals surface area contributed by atoms with Gasteiger partial charge in [-0.1, -0.05) is 61.2 Å². The molecule has 1 nitrogen and oxygen atoms in total. The monoisotopic (exact) mass is 240 g/mol. The fourth-order valence-corrected chi connectivity index (χ4v) is 2.46. The number of allylic oxidation sites excluding steroid dienone is 2. The van der Waals surface area contributed by atoms with Crippen LogP contribution >= 0.6 is 0 Å². The third-order valence-corrected chi connectivity index (χ3v) is 3.54. The third-order valence-electron chi connectivity index (χ3n) is 3.54. The summed E-state index contributed by atoms with van der Waals surface area (Å²) in [6, 6.07) is 10.2. The van der Waals surface area contributed by atoms with Crippen LogP contribution in [0.1, 0.15) is 18.4 Å². The maximum Gasteiger partial charge on any atom is 0.108 e. The number of rotatable bonds is 6. The van der Waals surface area contributed by atoms with E-state index >= 15 is 0 Å². The van der Waals surface area contributed by atoms with Gasteiger partial charge in [-0.15, -0.1) is 6.58 Å². The normalized spacial score (nSPS) is 26.1. The second kappa shape index (κ2) is 5.83. The van der Waals surface area contributed by atoms with Crippen molar-refractivity contribution >= 4 is 0 Å². The number of hydrogen-bond acceptors (Lipinski definition) is 1. The van der Waals surface area contributed by atoms with Crippen LogP contribution < -0.4 is 0 Å². The van der Waals surface area contributed by atoms with Crippen LogP contribution in [0.5, 0.6) is 0 Å². The maximum absolute atomic E-state index is 6.14. The van der Waals surface area contributed by atoms with E-state index in [0.717, 1.165) is 12.8 Å². The molecule has 0 saturated carbocycles. The van der Waals surface area contributed by atoms with E-state index in [-0.39, 0.29) is 5.60 Å². The lowest BCUT2D eigenvalue weighted by atomic mass is 9.87. The van der Waals surface area contributed by atoms with Crippen molar-refractivity contribution in [1.82, 2.24) is 0 Å². The summed E-state index contributed by atoms with van der Waals surface area (Å²) < 4.78 is 6.14. The molecule has 1 aliphatic carbocycles. The molecular weight excluding hydrogens is 220 g/mol. The Balaban J connectivity index is 2.06. The molecule has 0 radical (unpaired) electrons. The Bertz CT molecular complexity index is 432. The predicted octanol–water partition coefficient (Wildman–Crippen LogP) is 4.28. The zero-order chi connectivity index (χ0) is 12.8. The van der Waals surface area contributed by atoms with Gasteiger partial charge < -0.3 is 4.74 Å².